The number of hydrogen-bond acceptors (Lipinski definition) is 4. The van der Waals surface area contributed by atoms with E-state index in [1.807, 2.05) is 6.92 Å². The van der Waals surface area contributed by atoms with Crippen molar-refractivity contribution in [2.45, 2.75) is 45.3 Å². The highest BCUT2D eigenvalue weighted by atomic mass is 19.4. The molecule has 21 heavy (non-hydrogen) atoms. The Kier molecular flexibility index (Phi) is 5.83. The molecule has 0 amide bonds. The van der Waals surface area contributed by atoms with Gasteiger partial charge >= 0.3 is 6.18 Å². The molecule has 0 spiro atoms. The number of hydrogen-bond donors (Lipinski definition) is 3. The molecular formula is C14H22F3N3O. The van der Waals surface area contributed by atoms with Crippen LogP contribution in [-0.4, -0.2) is 28.8 Å². The molecule has 0 aromatic carbocycles. The quantitative estimate of drug-likeness (QED) is 0.722. The zero-order chi connectivity index (χ0) is 16.1. The Morgan fingerprint density at radius 3 is 2.33 bits per heavy atom. The minimum absolute atomic E-state index is 0.0557. The molecule has 0 bridgehead atoms. The van der Waals surface area contributed by atoms with Crippen LogP contribution in [0.15, 0.2) is 12.1 Å². The molecule has 0 saturated heterocycles. The molecule has 1 heterocycles. The van der Waals surface area contributed by atoms with Gasteiger partial charge in [-0.2, -0.15) is 13.2 Å². The molecule has 0 aliphatic heterocycles. The van der Waals surface area contributed by atoms with E-state index in [-0.39, 0.29) is 18.2 Å². The summed E-state index contributed by atoms with van der Waals surface area (Å²) in [6.07, 6.45) is -3.23. The average molecular weight is 305 g/mol. The van der Waals surface area contributed by atoms with E-state index >= 15 is 0 Å². The van der Waals surface area contributed by atoms with Gasteiger partial charge in [0, 0.05) is 18.7 Å². The summed E-state index contributed by atoms with van der Waals surface area (Å²) in [5.74, 6) is 0.329. The largest absolute Gasteiger partial charge is 0.416 e. The summed E-state index contributed by atoms with van der Waals surface area (Å²) in [5.41, 5.74) is -1.30. The van der Waals surface area contributed by atoms with Gasteiger partial charge in [-0.3, -0.25) is 0 Å². The monoisotopic (exact) mass is 305 g/mol. The number of nitrogens with one attached hydrogen (secondary N) is 2. The number of rotatable bonds is 7. The summed E-state index contributed by atoms with van der Waals surface area (Å²) >= 11 is 0. The highest BCUT2D eigenvalue weighted by molar-refractivity contribution is 5.50. The third kappa shape index (κ3) is 5.79. The minimum atomic E-state index is -4.43. The number of nitrogens with zero attached hydrogens (tertiary/aromatic N) is 1. The van der Waals surface area contributed by atoms with Crippen molar-refractivity contribution >= 4 is 11.6 Å². The van der Waals surface area contributed by atoms with E-state index in [0.29, 0.717) is 13.0 Å². The minimum Gasteiger partial charge on any atom is -0.396 e. The smallest absolute Gasteiger partial charge is 0.396 e. The molecule has 7 heteroatoms. The maximum Gasteiger partial charge on any atom is 0.416 e. The number of aromatic nitrogens is 1. The second-order valence-corrected chi connectivity index (χ2v) is 5.53. The SMILES string of the molecule is CCCNc1cc(C(F)(F)F)cc(NC(C)(C)CCO)n1. The van der Waals surface area contributed by atoms with Gasteiger partial charge in [-0.1, -0.05) is 6.92 Å². The van der Waals surface area contributed by atoms with Gasteiger partial charge in [0.25, 0.3) is 0 Å². The Labute approximate surface area is 122 Å². The molecule has 4 nitrogen and oxygen atoms in total. The van der Waals surface area contributed by atoms with E-state index in [2.05, 4.69) is 15.6 Å². The highest BCUT2D eigenvalue weighted by Crippen LogP contribution is 2.32. The molecule has 0 aliphatic rings. The van der Waals surface area contributed by atoms with Crippen LogP contribution in [0.5, 0.6) is 0 Å². The van der Waals surface area contributed by atoms with Gasteiger partial charge < -0.3 is 15.7 Å². The number of anilines is 2. The van der Waals surface area contributed by atoms with Crippen LogP contribution < -0.4 is 10.6 Å². The van der Waals surface area contributed by atoms with Crippen LogP contribution in [0.4, 0.5) is 24.8 Å². The zero-order valence-corrected chi connectivity index (χ0v) is 12.5. The van der Waals surface area contributed by atoms with Gasteiger partial charge in [-0.25, -0.2) is 4.98 Å². The predicted molar refractivity (Wildman–Crippen MR) is 77.4 cm³/mol. The van der Waals surface area contributed by atoms with Gasteiger partial charge in [0.15, 0.2) is 0 Å². The summed E-state index contributed by atoms with van der Waals surface area (Å²) in [4.78, 5) is 4.15. The number of halogens is 3. The first kappa shape index (κ1) is 17.6. The Morgan fingerprint density at radius 2 is 1.81 bits per heavy atom. The Bertz CT molecular complexity index is 461. The van der Waals surface area contributed by atoms with Crippen LogP contribution in [0.3, 0.4) is 0 Å². The molecule has 0 aliphatic carbocycles. The summed E-state index contributed by atoms with van der Waals surface area (Å²) in [6.45, 7) is 6.01. The first-order valence-corrected chi connectivity index (χ1v) is 6.90. The molecular weight excluding hydrogens is 283 g/mol. The van der Waals surface area contributed by atoms with Gasteiger partial charge in [0.05, 0.1) is 5.56 Å². The van der Waals surface area contributed by atoms with Gasteiger partial charge in [0.2, 0.25) is 0 Å². The van der Waals surface area contributed by atoms with Crippen molar-refractivity contribution in [1.82, 2.24) is 4.98 Å². The lowest BCUT2D eigenvalue weighted by atomic mass is 10.0. The highest BCUT2D eigenvalue weighted by Gasteiger charge is 2.32. The standard InChI is InChI=1S/C14H22F3N3O/c1-4-6-18-11-8-10(14(15,16)17)9-12(19-11)20-13(2,3)5-7-21/h8-9,21H,4-7H2,1-3H3,(H2,18,19,20). The van der Waals surface area contributed by atoms with Crippen LogP contribution >= 0.6 is 0 Å². The van der Waals surface area contributed by atoms with Crippen LogP contribution in [0.2, 0.25) is 0 Å². The maximum atomic E-state index is 12.9. The molecule has 3 N–H and O–H groups in total. The topological polar surface area (TPSA) is 57.2 Å². The normalized spacial score (nSPS) is 12.3. The van der Waals surface area contributed by atoms with E-state index in [9.17, 15) is 13.2 Å². The fourth-order valence-corrected chi connectivity index (χ4v) is 1.79. The van der Waals surface area contributed by atoms with E-state index in [1.54, 1.807) is 13.8 Å². The Morgan fingerprint density at radius 1 is 1.19 bits per heavy atom. The number of aliphatic hydroxyl groups is 1. The molecule has 0 fully saturated rings. The van der Waals surface area contributed by atoms with Crippen molar-refractivity contribution in [3.05, 3.63) is 17.7 Å². The summed E-state index contributed by atoms with van der Waals surface area (Å²) in [7, 11) is 0. The average Bonchev–Trinajstić information content (AvgIpc) is 2.34. The summed E-state index contributed by atoms with van der Waals surface area (Å²) < 4.78 is 38.8. The van der Waals surface area contributed by atoms with Crippen molar-refractivity contribution in [3.63, 3.8) is 0 Å². The fraction of sp³-hybridized carbons (Fsp3) is 0.643. The van der Waals surface area contributed by atoms with Crippen LogP contribution in [0.1, 0.15) is 39.2 Å². The van der Waals surface area contributed by atoms with Crippen molar-refractivity contribution in [2.75, 3.05) is 23.8 Å². The molecule has 1 aromatic rings. The zero-order valence-electron chi connectivity index (χ0n) is 12.5. The van der Waals surface area contributed by atoms with Crippen LogP contribution in [-0.2, 0) is 6.18 Å². The lowest BCUT2D eigenvalue weighted by molar-refractivity contribution is -0.137. The van der Waals surface area contributed by atoms with Crippen molar-refractivity contribution in [2.24, 2.45) is 0 Å². The molecule has 0 radical (unpaired) electrons. The second kappa shape index (κ2) is 6.98. The molecule has 1 rings (SSSR count). The first-order valence-electron chi connectivity index (χ1n) is 6.90. The third-order valence-corrected chi connectivity index (χ3v) is 2.91. The van der Waals surface area contributed by atoms with Crippen molar-refractivity contribution in [3.8, 4) is 0 Å². The van der Waals surface area contributed by atoms with Crippen LogP contribution in [0.25, 0.3) is 0 Å². The van der Waals surface area contributed by atoms with Crippen LogP contribution in [0, 0.1) is 0 Å². The number of alkyl halides is 3. The lowest BCUT2D eigenvalue weighted by Gasteiger charge is -2.26. The predicted octanol–water partition coefficient (Wildman–Crippen LogP) is 3.50. The molecule has 0 atom stereocenters. The molecule has 120 valence electrons. The number of pyridine rings is 1. The van der Waals surface area contributed by atoms with Gasteiger partial charge in [0.1, 0.15) is 11.6 Å². The molecule has 0 unspecified atom stereocenters. The summed E-state index contributed by atoms with van der Waals surface area (Å²) in [6, 6.07) is 1.98. The molecule has 1 aromatic heterocycles. The van der Waals surface area contributed by atoms with E-state index in [4.69, 9.17) is 5.11 Å². The third-order valence-electron chi connectivity index (χ3n) is 2.91. The van der Waals surface area contributed by atoms with E-state index < -0.39 is 17.3 Å². The van der Waals surface area contributed by atoms with Gasteiger partial charge in [-0.05, 0) is 38.8 Å². The van der Waals surface area contributed by atoms with Crippen molar-refractivity contribution in [1.29, 1.82) is 0 Å². The van der Waals surface area contributed by atoms with Gasteiger partial charge in [-0.15, -0.1) is 0 Å². The Balaban J connectivity index is 3.07. The van der Waals surface area contributed by atoms with E-state index in [0.717, 1.165) is 18.6 Å². The second-order valence-electron chi connectivity index (χ2n) is 5.53. The Hall–Kier alpha value is -1.50. The van der Waals surface area contributed by atoms with E-state index in [1.165, 1.54) is 0 Å². The summed E-state index contributed by atoms with van der Waals surface area (Å²) in [5, 5.41) is 14.8. The fourth-order valence-electron chi connectivity index (χ4n) is 1.79. The molecule has 0 saturated carbocycles. The first-order chi connectivity index (χ1) is 9.68. The van der Waals surface area contributed by atoms with Crippen molar-refractivity contribution < 1.29 is 18.3 Å². The maximum absolute atomic E-state index is 12.9. The number of aliphatic hydroxyl groups excluding tert-OH is 1. The lowest BCUT2D eigenvalue weighted by Crippen LogP contribution is -2.32.